The summed E-state index contributed by atoms with van der Waals surface area (Å²) in [4.78, 5) is 19.7. The van der Waals surface area contributed by atoms with Crippen molar-refractivity contribution in [2.24, 2.45) is 13.0 Å². The number of hydrogen-bond donors (Lipinski definition) is 0. The van der Waals surface area contributed by atoms with E-state index in [0.717, 1.165) is 49.6 Å². The largest absolute Gasteiger partial charge is 0.312 e. The Bertz CT molecular complexity index is 1020. The molecule has 5 heterocycles. The van der Waals surface area contributed by atoms with Crippen LogP contribution < -0.4 is 5.56 Å². The van der Waals surface area contributed by atoms with Gasteiger partial charge in [0.1, 0.15) is 0 Å². The molecular weight excluding hydrogens is 338 g/mol. The van der Waals surface area contributed by atoms with Gasteiger partial charge in [0.25, 0.3) is 5.56 Å². The quantitative estimate of drug-likeness (QED) is 0.718. The minimum absolute atomic E-state index is 0.101. The first-order chi connectivity index (χ1) is 13.2. The van der Waals surface area contributed by atoms with Gasteiger partial charge in [-0.15, -0.1) is 0 Å². The van der Waals surface area contributed by atoms with E-state index in [1.165, 1.54) is 5.56 Å². The van der Waals surface area contributed by atoms with Gasteiger partial charge in [0, 0.05) is 74.4 Å². The van der Waals surface area contributed by atoms with Crippen LogP contribution in [-0.2, 0) is 20.1 Å². The van der Waals surface area contributed by atoms with Crippen LogP contribution >= 0.6 is 0 Å². The predicted molar refractivity (Wildman–Crippen MR) is 103 cm³/mol. The van der Waals surface area contributed by atoms with Crippen LogP contribution in [0.3, 0.4) is 0 Å². The number of piperidine rings is 1. The average Bonchev–Trinajstić information content (AvgIpc) is 3.08. The second-order valence-corrected chi connectivity index (χ2v) is 7.85. The second kappa shape index (κ2) is 6.46. The van der Waals surface area contributed by atoms with Crippen molar-refractivity contribution in [3.05, 3.63) is 70.5 Å². The van der Waals surface area contributed by atoms with Gasteiger partial charge < -0.3 is 4.57 Å². The van der Waals surface area contributed by atoms with Crippen LogP contribution in [0.1, 0.15) is 23.6 Å². The summed E-state index contributed by atoms with van der Waals surface area (Å²) < 4.78 is 3.85. The van der Waals surface area contributed by atoms with Crippen molar-refractivity contribution in [2.45, 2.75) is 25.4 Å². The molecule has 6 nitrogen and oxygen atoms in total. The van der Waals surface area contributed by atoms with E-state index in [2.05, 4.69) is 27.2 Å². The standard InChI is InChI=1S/C21H23N5O/c1-24-10-16(9-23-24)12-25-11-15-6-18(14-25)20-7-17(8-21(27)26(20)13-15)19-4-2-3-5-22-19/h2-5,7-10,15,18H,6,11-14H2,1H3/t15-,18+/m0/s1. The van der Waals surface area contributed by atoms with Gasteiger partial charge in [0.15, 0.2) is 0 Å². The number of fused-ring (bicyclic) bond motifs is 4. The normalized spacial score (nSPS) is 21.8. The SMILES string of the molecule is Cn1cc(CN2C[C@@H]3C[C@H](C2)c2cc(-c4ccccn4)cc(=O)n2C3)cn1. The van der Waals surface area contributed by atoms with Crippen LogP contribution in [0.15, 0.2) is 53.7 Å². The molecule has 0 unspecified atom stereocenters. The Morgan fingerprint density at radius 1 is 1.19 bits per heavy atom. The molecule has 138 valence electrons. The lowest BCUT2D eigenvalue weighted by Gasteiger charge is -2.42. The van der Waals surface area contributed by atoms with Crippen LogP contribution in [0.2, 0.25) is 0 Å². The summed E-state index contributed by atoms with van der Waals surface area (Å²) in [5, 5.41) is 4.28. The summed E-state index contributed by atoms with van der Waals surface area (Å²) in [6.07, 6.45) is 6.97. The van der Waals surface area contributed by atoms with E-state index < -0.39 is 0 Å². The molecule has 2 aliphatic rings. The van der Waals surface area contributed by atoms with Crippen molar-refractivity contribution in [1.82, 2.24) is 24.2 Å². The molecule has 6 heteroatoms. The molecule has 0 amide bonds. The molecule has 0 saturated carbocycles. The van der Waals surface area contributed by atoms with Crippen molar-refractivity contribution in [1.29, 1.82) is 0 Å². The summed E-state index contributed by atoms with van der Waals surface area (Å²) in [5.74, 6) is 0.928. The Morgan fingerprint density at radius 3 is 2.89 bits per heavy atom. The molecule has 0 N–H and O–H groups in total. The Labute approximate surface area is 158 Å². The number of likely N-dealkylation sites (tertiary alicyclic amines) is 1. The summed E-state index contributed by atoms with van der Waals surface area (Å²) in [6.45, 7) is 3.76. The van der Waals surface area contributed by atoms with Crippen molar-refractivity contribution in [2.75, 3.05) is 13.1 Å². The van der Waals surface area contributed by atoms with Crippen molar-refractivity contribution < 1.29 is 0 Å². The molecule has 3 aromatic rings. The minimum Gasteiger partial charge on any atom is -0.312 e. The number of hydrogen-bond acceptors (Lipinski definition) is 4. The molecule has 5 rings (SSSR count). The van der Waals surface area contributed by atoms with Crippen LogP contribution in [0.5, 0.6) is 0 Å². The molecule has 2 aliphatic heterocycles. The number of rotatable bonds is 3. The molecule has 1 saturated heterocycles. The molecule has 0 radical (unpaired) electrons. The summed E-state index contributed by atoms with van der Waals surface area (Å²) in [7, 11) is 1.95. The Morgan fingerprint density at radius 2 is 2.11 bits per heavy atom. The third-order valence-corrected chi connectivity index (χ3v) is 5.76. The average molecular weight is 361 g/mol. The smallest absolute Gasteiger partial charge is 0.251 e. The maximum Gasteiger partial charge on any atom is 0.251 e. The highest BCUT2D eigenvalue weighted by molar-refractivity contribution is 5.59. The number of nitrogens with zero attached hydrogens (tertiary/aromatic N) is 5. The van der Waals surface area contributed by atoms with E-state index >= 15 is 0 Å². The highest BCUT2D eigenvalue weighted by Crippen LogP contribution is 2.36. The number of aryl methyl sites for hydroxylation is 1. The Balaban J connectivity index is 1.46. The predicted octanol–water partition coefficient (Wildman–Crippen LogP) is 2.26. The van der Waals surface area contributed by atoms with Gasteiger partial charge in [0.05, 0.1) is 11.9 Å². The maximum atomic E-state index is 12.8. The van der Waals surface area contributed by atoms with Crippen LogP contribution in [0.25, 0.3) is 11.3 Å². The summed E-state index contributed by atoms with van der Waals surface area (Å²) in [6, 6.07) is 9.74. The fraction of sp³-hybridized carbons (Fsp3) is 0.381. The van der Waals surface area contributed by atoms with Gasteiger partial charge in [-0.1, -0.05) is 6.07 Å². The van der Waals surface area contributed by atoms with E-state index in [1.54, 1.807) is 12.3 Å². The van der Waals surface area contributed by atoms with Crippen molar-refractivity contribution >= 4 is 0 Å². The maximum absolute atomic E-state index is 12.8. The summed E-state index contributed by atoms with van der Waals surface area (Å²) in [5.41, 5.74) is 4.30. The molecule has 3 aromatic heterocycles. The highest BCUT2D eigenvalue weighted by atomic mass is 16.1. The molecule has 2 bridgehead atoms. The van der Waals surface area contributed by atoms with Gasteiger partial charge in [-0.05, 0) is 30.5 Å². The fourth-order valence-corrected chi connectivity index (χ4v) is 4.68. The number of pyridine rings is 2. The molecule has 0 aromatic carbocycles. The minimum atomic E-state index is 0.101. The lowest BCUT2D eigenvalue weighted by atomic mass is 9.82. The van der Waals surface area contributed by atoms with E-state index in [-0.39, 0.29) is 5.56 Å². The lowest BCUT2D eigenvalue weighted by Crippen LogP contribution is -2.46. The van der Waals surface area contributed by atoms with E-state index in [9.17, 15) is 4.79 Å². The molecule has 2 atom stereocenters. The zero-order valence-electron chi connectivity index (χ0n) is 15.5. The van der Waals surface area contributed by atoms with Crippen molar-refractivity contribution in [3.63, 3.8) is 0 Å². The van der Waals surface area contributed by atoms with Gasteiger partial charge in [0.2, 0.25) is 0 Å². The third-order valence-electron chi connectivity index (χ3n) is 5.76. The molecular formula is C21H23N5O. The summed E-state index contributed by atoms with van der Waals surface area (Å²) >= 11 is 0. The van der Waals surface area contributed by atoms with Gasteiger partial charge >= 0.3 is 0 Å². The Kier molecular flexibility index (Phi) is 3.93. The molecule has 0 spiro atoms. The second-order valence-electron chi connectivity index (χ2n) is 7.85. The topological polar surface area (TPSA) is 56.0 Å². The first kappa shape index (κ1) is 16.4. The first-order valence-electron chi connectivity index (χ1n) is 9.52. The highest BCUT2D eigenvalue weighted by Gasteiger charge is 2.35. The zero-order chi connectivity index (χ0) is 18.4. The van der Waals surface area contributed by atoms with Gasteiger partial charge in [-0.3, -0.25) is 19.4 Å². The van der Waals surface area contributed by atoms with E-state index in [1.807, 2.05) is 40.7 Å². The molecule has 1 fully saturated rings. The molecule has 27 heavy (non-hydrogen) atoms. The van der Waals surface area contributed by atoms with Crippen LogP contribution in [0.4, 0.5) is 0 Å². The van der Waals surface area contributed by atoms with Gasteiger partial charge in [-0.2, -0.15) is 5.10 Å². The van der Waals surface area contributed by atoms with Gasteiger partial charge in [-0.25, -0.2) is 0 Å². The fourth-order valence-electron chi connectivity index (χ4n) is 4.68. The molecule has 0 aliphatic carbocycles. The zero-order valence-corrected chi connectivity index (χ0v) is 15.5. The van der Waals surface area contributed by atoms with Crippen LogP contribution in [0, 0.1) is 5.92 Å². The lowest BCUT2D eigenvalue weighted by molar-refractivity contribution is 0.114. The van der Waals surface area contributed by atoms with Crippen molar-refractivity contribution in [3.8, 4) is 11.3 Å². The number of aromatic nitrogens is 4. The first-order valence-corrected chi connectivity index (χ1v) is 9.52. The van der Waals surface area contributed by atoms with E-state index in [4.69, 9.17) is 0 Å². The third kappa shape index (κ3) is 3.10. The monoisotopic (exact) mass is 361 g/mol. The van der Waals surface area contributed by atoms with E-state index in [0.29, 0.717) is 11.8 Å². The Hall–Kier alpha value is -2.73. The van der Waals surface area contributed by atoms with Crippen LogP contribution in [-0.4, -0.2) is 37.3 Å².